The Morgan fingerprint density at radius 3 is 2.76 bits per heavy atom. The van der Waals surface area contributed by atoms with E-state index in [-0.39, 0.29) is 0 Å². The summed E-state index contributed by atoms with van der Waals surface area (Å²) in [5.74, 6) is 1.08. The van der Waals surface area contributed by atoms with Crippen molar-refractivity contribution in [2.45, 2.75) is 26.7 Å². The van der Waals surface area contributed by atoms with Gasteiger partial charge in [0.2, 0.25) is 0 Å². The summed E-state index contributed by atoms with van der Waals surface area (Å²) in [6.45, 7) is 6.86. The number of fused-ring (bicyclic) bond motifs is 1. The largest absolute Gasteiger partial charge is 0.356 e. The minimum atomic E-state index is 0.473. The maximum Gasteiger partial charge on any atom is 0.142 e. The molecule has 1 aliphatic rings. The summed E-state index contributed by atoms with van der Waals surface area (Å²) >= 11 is 0. The van der Waals surface area contributed by atoms with Crippen LogP contribution >= 0.6 is 0 Å². The van der Waals surface area contributed by atoms with E-state index in [0.717, 1.165) is 29.9 Å². The van der Waals surface area contributed by atoms with Crippen LogP contribution in [-0.4, -0.2) is 28.0 Å². The molecule has 2 aromatic heterocycles. The molecule has 2 aromatic rings. The highest BCUT2D eigenvalue weighted by Crippen LogP contribution is 2.33. The van der Waals surface area contributed by atoms with E-state index in [1.54, 1.807) is 6.33 Å². The van der Waals surface area contributed by atoms with Crippen molar-refractivity contribution in [1.82, 2.24) is 15.0 Å². The lowest BCUT2D eigenvalue weighted by Crippen LogP contribution is -2.37. The third kappa shape index (κ3) is 1.88. The third-order valence-electron chi connectivity index (χ3n) is 3.75. The third-order valence-corrected chi connectivity index (χ3v) is 3.75. The maximum absolute atomic E-state index is 4.45. The number of aromatic nitrogens is 3. The van der Waals surface area contributed by atoms with E-state index in [1.807, 2.05) is 6.20 Å². The molecule has 0 spiro atoms. The van der Waals surface area contributed by atoms with Gasteiger partial charge in [-0.1, -0.05) is 13.8 Å². The predicted molar refractivity (Wildman–Crippen MR) is 69.1 cm³/mol. The van der Waals surface area contributed by atoms with Gasteiger partial charge in [0.25, 0.3) is 0 Å². The molecule has 1 N–H and O–H groups in total. The van der Waals surface area contributed by atoms with Crippen molar-refractivity contribution in [3.8, 4) is 0 Å². The molecule has 1 aliphatic heterocycles. The van der Waals surface area contributed by atoms with Crippen LogP contribution in [0.1, 0.15) is 26.7 Å². The number of aromatic amines is 1. The van der Waals surface area contributed by atoms with E-state index < -0.39 is 0 Å². The topological polar surface area (TPSA) is 44.8 Å². The SMILES string of the molecule is CC1(C)CCN(c2ncnc3[nH]ccc23)CC1. The Morgan fingerprint density at radius 1 is 1.24 bits per heavy atom. The molecule has 90 valence electrons. The van der Waals surface area contributed by atoms with Gasteiger partial charge in [-0.05, 0) is 24.3 Å². The minimum absolute atomic E-state index is 0.473. The summed E-state index contributed by atoms with van der Waals surface area (Å²) in [5.41, 5.74) is 1.40. The molecule has 0 amide bonds. The first kappa shape index (κ1) is 10.6. The number of hydrogen-bond acceptors (Lipinski definition) is 3. The first-order valence-corrected chi connectivity index (χ1v) is 6.19. The second-order valence-corrected chi connectivity index (χ2v) is 5.59. The van der Waals surface area contributed by atoms with Gasteiger partial charge in [0.1, 0.15) is 17.8 Å². The number of nitrogens with zero attached hydrogens (tertiary/aromatic N) is 3. The normalized spacial score (nSPS) is 19.8. The molecule has 4 nitrogen and oxygen atoms in total. The standard InChI is InChI=1S/C13H18N4/c1-13(2)4-7-17(8-5-13)12-10-3-6-14-11(10)15-9-16-12/h3,6,9H,4-5,7-8H2,1-2H3,(H,14,15,16). The van der Waals surface area contributed by atoms with E-state index in [0.29, 0.717) is 5.41 Å². The van der Waals surface area contributed by atoms with Crippen molar-refractivity contribution < 1.29 is 0 Å². The lowest BCUT2D eigenvalue weighted by atomic mass is 9.82. The molecule has 0 aliphatic carbocycles. The second-order valence-electron chi connectivity index (χ2n) is 5.59. The second kappa shape index (κ2) is 3.72. The molecule has 0 radical (unpaired) electrons. The number of piperidine rings is 1. The Balaban J connectivity index is 1.92. The van der Waals surface area contributed by atoms with Crippen molar-refractivity contribution in [2.24, 2.45) is 5.41 Å². The van der Waals surface area contributed by atoms with Gasteiger partial charge in [0, 0.05) is 19.3 Å². The number of hydrogen-bond donors (Lipinski definition) is 1. The molecule has 0 saturated carbocycles. The Hall–Kier alpha value is -1.58. The highest BCUT2D eigenvalue weighted by Gasteiger charge is 2.26. The first-order valence-electron chi connectivity index (χ1n) is 6.19. The van der Waals surface area contributed by atoms with Crippen LogP contribution in [-0.2, 0) is 0 Å². The average molecular weight is 230 g/mol. The van der Waals surface area contributed by atoms with Crippen molar-refractivity contribution in [2.75, 3.05) is 18.0 Å². The van der Waals surface area contributed by atoms with E-state index in [1.165, 1.54) is 12.8 Å². The van der Waals surface area contributed by atoms with Crippen molar-refractivity contribution in [3.63, 3.8) is 0 Å². The van der Waals surface area contributed by atoms with Crippen LogP contribution < -0.4 is 4.90 Å². The van der Waals surface area contributed by atoms with Crippen LogP contribution in [0.5, 0.6) is 0 Å². The highest BCUT2D eigenvalue weighted by atomic mass is 15.2. The highest BCUT2D eigenvalue weighted by molar-refractivity contribution is 5.87. The lowest BCUT2D eigenvalue weighted by molar-refractivity contribution is 0.279. The van der Waals surface area contributed by atoms with E-state index >= 15 is 0 Å². The van der Waals surface area contributed by atoms with Gasteiger partial charge in [0.05, 0.1) is 5.39 Å². The van der Waals surface area contributed by atoms with Gasteiger partial charge in [-0.25, -0.2) is 9.97 Å². The zero-order valence-corrected chi connectivity index (χ0v) is 10.4. The van der Waals surface area contributed by atoms with Crippen LogP contribution in [0.3, 0.4) is 0 Å². The van der Waals surface area contributed by atoms with Gasteiger partial charge >= 0.3 is 0 Å². The van der Waals surface area contributed by atoms with E-state index in [9.17, 15) is 0 Å². The maximum atomic E-state index is 4.45. The van der Waals surface area contributed by atoms with Gasteiger partial charge < -0.3 is 9.88 Å². The number of anilines is 1. The molecule has 0 aromatic carbocycles. The number of rotatable bonds is 1. The van der Waals surface area contributed by atoms with Gasteiger partial charge in [0.15, 0.2) is 0 Å². The Kier molecular flexibility index (Phi) is 2.31. The van der Waals surface area contributed by atoms with Gasteiger partial charge in [-0.3, -0.25) is 0 Å². The van der Waals surface area contributed by atoms with Crippen LogP contribution in [0.2, 0.25) is 0 Å². The van der Waals surface area contributed by atoms with Gasteiger partial charge in [-0.2, -0.15) is 0 Å². The van der Waals surface area contributed by atoms with Crippen LogP contribution in [0, 0.1) is 5.41 Å². The van der Waals surface area contributed by atoms with Crippen LogP contribution in [0.4, 0.5) is 5.82 Å². The quantitative estimate of drug-likeness (QED) is 0.819. The molecule has 17 heavy (non-hydrogen) atoms. The molecule has 0 atom stereocenters. The van der Waals surface area contributed by atoms with Crippen LogP contribution in [0.15, 0.2) is 18.6 Å². The fraction of sp³-hybridized carbons (Fsp3) is 0.538. The average Bonchev–Trinajstić information content (AvgIpc) is 2.77. The van der Waals surface area contributed by atoms with Crippen molar-refractivity contribution >= 4 is 16.9 Å². The molecule has 3 heterocycles. The lowest BCUT2D eigenvalue weighted by Gasteiger charge is -2.37. The molecule has 3 rings (SSSR count). The Labute approximate surface area is 101 Å². The summed E-state index contributed by atoms with van der Waals surface area (Å²) in [6.07, 6.45) is 6.02. The molecule has 4 heteroatoms. The Morgan fingerprint density at radius 2 is 2.00 bits per heavy atom. The molecule has 1 saturated heterocycles. The van der Waals surface area contributed by atoms with Crippen LogP contribution in [0.25, 0.3) is 11.0 Å². The minimum Gasteiger partial charge on any atom is -0.356 e. The summed E-state index contributed by atoms with van der Waals surface area (Å²) in [4.78, 5) is 14.2. The van der Waals surface area contributed by atoms with Gasteiger partial charge in [-0.15, -0.1) is 0 Å². The summed E-state index contributed by atoms with van der Waals surface area (Å²) < 4.78 is 0. The fourth-order valence-electron chi connectivity index (χ4n) is 2.43. The van der Waals surface area contributed by atoms with E-state index in [4.69, 9.17) is 0 Å². The molecule has 0 unspecified atom stereocenters. The zero-order valence-electron chi connectivity index (χ0n) is 10.4. The summed E-state index contributed by atoms with van der Waals surface area (Å²) in [7, 11) is 0. The summed E-state index contributed by atoms with van der Waals surface area (Å²) in [5, 5.41) is 1.13. The van der Waals surface area contributed by atoms with Crippen molar-refractivity contribution in [3.05, 3.63) is 18.6 Å². The number of H-pyrrole nitrogens is 1. The molecular formula is C13H18N4. The number of nitrogens with one attached hydrogen (secondary N) is 1. The fourth-order valence-corrected chi connectivity index (χ4v) is 2.43. The predicted octanol–water partition coefficient (Wildman–Crippen LogP) is 2.58. The monoisotopic (exact) mass is 230 g/mol. The van der Waals surface area contributed by atoms with Crippen molar-refractivity contribution in [1.29, 1.82) is 0 Å². The molecular weight excluding hydrogens is 212 g/mol. The summed E-state index contributed by atoms with van der Waals surface area (Å²) in [6, 6.07) is 2.06. The molecule has 1 fully saturated rings. The first-order chi connectivity index (χ1) is 8.16. The zero-order chi connectivity index (χ0) is 11.9. The molecule has 0 bridgehead atoms. The Bertz CT molecular complexity index is 519. The smallest absolute Gasteiger partial charge is 0.142 e. The van der Waals surface area contributed by atoms with E-state index in [2.05, 4.69) is 39.8 Å².